The molecule has 0 saturated carbocycles. The van der Waals surface area contributed by atoms with Gasteiger partial charge in [0.1, 0.15) is 17.5 Å². The maximum absolute atomic E-state index is 10.7. The number of nitrogens with zero attached hydrogens (tertiary/aromatic N) is 2. The summed E-state index contributed by atoms with van der Waals surface area (Å²) in [6.07, 6.45) is 0. The van der Waals surface area contributed by atoms with Crippen LogP contribution in [0.5, 0.6) is 5.75 Å². The molecule has 0 aliphatic carbocycles. The van der Waals surface area contributed by atoms with E-state index in [9.17, 15) is 4.57 Å². The fraction of sp³-hybridized carbons (Fsp3) is 0. The van der Waals surface area contributed by atoms with E-state index in [1.54, 1.807) is 6.07 Å². The molecule has 2 aromatic rings. The van der Waals surface area contributed by atoms with Gasteiger partial charge in [0.2, 0.25) is 0 Å². The summed E-state index contributed by atoms with van der Waals surface area (Å²) in [4.78, 5) is 21.3. The fourth-order valence-corrected chi connectivity index (χ4v) is 1.75. The normalized spacial score (nSPS) is 11.1. The summed E-state index contributed by atoms with van der Waals surface area (Å²) in [7, 11) is -4.55. The van der Waals surface area contributed by atoms with Gasteiger partial charge in [-0.1, -0.05) is 0 Å². The smallest absolute Gasteiger partial charge is 0.404 e. The van der Waals surface area contributed by atoms with Crippen molar-refractivity contribution in [3.63, 3.8) is 0 Å². The van der Waals surface area contributed by atoms with Gasteiger partial charge in [0.15, 0.2) is 0 Å². The number of fused-ring (bicyclic) bond motifs is 1. The number of phosphoric ester groups is 1. The number of hydrogen-bond donors (Lipinski definition) is 2. The molecule has 17 heavy (non-hydrogen) atoms. The van der Waals surface area contributed by atoms with E-state index in [2.05, 4.69) is 9.51 Å². The van der Waals surface area contributed by atoms with Crippen molar-refractivity contribution in [2.24, 2.45) is 0 Å². The summed E-state index contributed by atoms with van der Waals surface area (Å²) in [6.45, 7) is 0. The summed E-state index contributed by atoms with van der Waals surface area (Å²) in [6, 6.07) is 9.42. The van der Waals surface area contributed by atoms with Crippen LogP contribution in [0.1, 0.15) is 5.69 Å². The van der Waals surface area contributed by atoms with E-state index in [1.807, 2.05) is 6.07 Å². The van der Waals surface area contributed by atoms with Crippen molar-refractivity contribution in [3.8, 4) is 11.8 Å². The van der Waals surface area contributed by atoms with E-state index in [0.29, 0.717) is 10.9 Å². The highest BCUT2D eigenvalue weighted by Crippen LogP contribution is 2.38. The van der Waals surface area contributed by atoms with Crippen molar-refractivity contribution in [3.05, 3.63) is 36.0 Å². The number of phosphoric acid groups is 1. The quantitative estimate of drug-likeness (QED) is 0.784. The predicted octanol–water partition coefficient (Wildman–Crippen LogP) is 1.58. The minimum atomic E-state index is -4.55. The third kappa shape index (κ3) is 2.80. The molecule has 0 aliphatic rings. The first-order valence-electron chi connectivity index (χ1n) is 4.54. The van der Waals surface area contributed by atoms with Crippen LogP contribution in [0.15, 0.2) is 30.3 Å². The van der Waals surface area contributed by atoms with Crippen LogP contribution in [0.3, 0.4) is 0 Å². The Balaban J connectivity index is 2.46. The maximum Gasteiger partial charge on any atom is 0.524 e. The van der Waals surface area contributed by atoms with Crippen LogP contribution in [0.4, 0.5) is 0 Å². The van der Waals surface area contributed by atoms with Crippen LogP contribution in [0, 0.1) is 11.3 Å². The number of rotatable bonds is 2. The van der Waals surface area contributed by atoms with Crippen molar-refractivity contribution in [1.82, 2.24) is 4.98 Å². The zero-order chi connectivity index (χ0) is 12.5. The third-order valence-electron chi connectivity index (χ3n) is 2.00. The van der Waals surface area contributed by atoms with Gasteiger partial charge in [-0.05, 0) is 30.3 Å². The Hall–Kier alpha value is -1.93. The number of aromatic nitrogens is 1. The molecule has 86 valence electrons. The number of hydrogen-bond acceptors (Lipinski definition) is 4. The molecule has 0 fully saturated rings. The van der Waals surface area contributed by atoms with E-state index in [1.165, 1.54) is 24.3 Å². The Bertz CT molecular complexity index is 659. The van der Waals surface area contributed by atoms with Gasteiger partial charge in [-0.25, -0.2) is 9.55 Å². The Kier molecular flexibility index (Phi) is 2.82. The van der Waals surface area contributed by atoms with Gasteiger partial charge in [0.05, 0.1) is 5.52 Å². The average Bonchev–Trinajstić information content (AvgIpc) is 2.26. The van der Waals surface area contributed by atoms with E-state index in [-0.39, 0.29) is 11.4 Å². The van der Waals surface area contributed by atoms with Crippen LogP contribution in [-0.2, 0) is 4.57 Å². The Morgan fingerprint density at radius 2 is 2.06 bits per heavy atom. The first kappa shape index (κ1) is 11.6. The highest BCUT2D eigenvalue weighted by atomic mass is 31.2. The highest BCUT2D eigenvalue weighted by molar-refractivity contribution is 7.46. The molecule has 0 radical (unpaired) electrons. The van der Waals surface area contributed by atoms with Crippen LogP contribution in [0.25, 0.3) is 10.9 Å². The molecule has 1 heterocycles. The van der Waals surface area contributed by atoms with Gasteiger partial charge in [0.25, 0.3) is 0 Å². The van der Waals surface area contributed by atoms with Gasteiger partial charge >= 0.3 is 7.82 Å². The summed E-state index contributed by atoms with van der Waals surface area (Å²) < 4.78 is 15.1. The Morgan fingerprint density at radius 1 is 1.29 bits per heavy atom. The largest absolute Gasteiger partial charge is 0.524 e. The van der Waals surface area contributed by atoms with Gasteiger partial charge < -0.3 is 4.52 Å². The van der Waals surface area contributed by atoms with E-state index in [4.69, 9.17) is 15.0 Å². The molecule has 1 aromatic carbocycles. The lowest BCUT2D eigenvalue weighted by Crippen LogP contribution is -1.91. The molecule has 6 nitrogen and oxygen atoms in total. The van der Waals surface area contributed by atoms with E-state index >= 15 is 0 Å². The van der Waals surface area contributed by atoms with Crippen molar-refractivity contribution in [1.29, 1.82) is 5.26 Å². The standard InChI is InChI=1S/C10H7N2O4P/c11-6-8-2-1-7-5-9(16-17(13,14)15)3-4-10(7)12-8/h1-5H,(H2,13,14,15). The molecule has 0 atom stereocenters. The Labute approximate surface area is 96.3 Å². The van der Waals surface area contributed by atoms with Crippen LogP contribution in [0.2, 0.25) is 0 Å². The van der Waals surface area contributed by atoms with Crippen molar-refractivity contribution < 1.29 is 18.9 Å². The second-order valence-corrected chi connectivity index (χ2v) is 4.41. The summed E-state index contributed by atoms with van der Waals surface area (Å²) in [5.74, 6) is 0.0531. The monoisotopic (exact) mass is 250 g/mol. The molecule has 0 unspecified atom stereocenters. The lowest BCUT2D eigenvalue weighted by molar-refractivity contribution is 0.283. The molecule has 2 rings (SSSR count). The lowest BCUT2D eigenvalue weighted by Gasteiger charge is -2.07. The zero-order valence-corrected chi connectivity index (χ0v) is 9.33. The molecule has 0 spiro atoms. The summed E-state index contributed by atoms with van der Waals surface area (Å²) >= 11 is 0. The van der Waals surface area contributed by atoms with E-state index in [0.717, 1.165) is 0 Å². The number of pyridine rings is 1. The van der Waals surface area contributed by atoms with Crippen LogP contribution < -0.4 is 4.52 Å². The maximum atomic E-state index is 10.7. The molecule has 0 aliphatic heterocycles. The van der Waals surface area contributed by atoms with Crippen LogP contribution in [-0.4, -0.2) is 14.8 Å². The molecule has 0 saturated heterocycles. The lowest BCUT2D eigenvalue weighted by atomic mass is 10.2. The van der Waals surface area contributed by atoms with Crippen molar-refractivity contribution >= 4 is 18.7 Å². The second kappa shape index (κ2) is 4.15. The molecule has 0 bridgehead atoms. The Morgan fingerprint density at radius 3 is 2.71 bits per heavy atom. The molecule has 0 amide bonds. The highest BCUT2D eigenvalue weighted by Gasteiger charge is 2.15. The predicted molar refractivity (Wildman–Crippen MR) is 59.1 cm³/mol. The topological polar surface area (TPSA) is 103 Å². The molecule has 2 N–H and O–H groups in total. The summed E-state index contributed by atoms with van der Waals surface area (Å²) in [5.41, 5.74) is 0.836. The van der Waals surface area contributed by atoms with Gasteiger partial charge in [0, 0.05) is 5.39 Å². The van der Waals surface area contributed by atoms with Gasteiger partial charge in [-0.2, -0.15) is 5.26 Å². The number of benzene rings is 1. The average molecular weight is 250 g/mol. The minimum Gasteiger partial charge on any atom is -0.404 e. The second-order valence-electron chi connectivity index (χ2n) is 3.24. The molecular formula is C10H7N2O4P. The number of nitriles is 1. The van der Waals surface area contributed by atoms with Gasteiger partial charge in [-0.15, -0.1) is 0 Å². The summed E-state index contributed by atoms with van der Waals surface area (Å²) in [5, 5.41) is 9.30. The first-order valence-corrected chi connectivity index (χ1v) is 6.07. The fourth-order valence-electron chi connectivity index (χ4n) is 1.36. The SMILES string of the molecule is N#Cc1ccc2cc(OP(=O)(O)O)ccc2n1. The van der Waals surface area contributed by atoms with Crippen LogP contribution >= 0.6 is 7.82 Å². The molecule has 1 aromatic heterocycles. The third-order valence-corrected chi connectivity index (χ3v) is 2.45. The van der Waals surface area contributed by atoms with Crippen molar-refractivity contribution in [2.45, 2.75) is 0 Å². The zero-order valence-electron chi connectivity index (χ0n) is 8.44. The molecule has 7 heteroatoms. The van der Waals surface area contributed by atoms with Gasteiger partial charge in [-0.3, -0.25) is 9.79 Å². The molecular weight excluding hydrogens is 243 g/mol. The van der Waals surface area contributed by atoms with Crippen molar-refractivity contribution in [2.75, 3.05) is 0 Å². The minimum absolute atomic E-state index is 0.0531. The van der Waals surface area contributed by atoms with E-state index < -0.39 is 7.82 Å². The first-order chi connectivity index (χ1) is 7.98.